The summed E-state index contributed by atoms with van der Waals surface area (Å²) >= 11 is 0. The van der Waals surface area contributed by atoms with Gasteiger partial charge in [0.15, 0.2) is 6.10 Å². The first-order valence-corrected chi connectivity index (χ1v) is 43.5. The van der Waals surface area contributed by atoms with Gasteiger partial charge in [-0.05, 0) is 57.8 Å². The van der Waals surface area contributed by atoms with Crippen molar-refractivity contribution in [2.75, 3.05) is 47.5 Å². The molecule has 96 heavy (non-hydrogen) atoms. The second-order valence-corrected chi connectivity index (χ2v) is 31.3. The minimum absolute atomic E-state index is 0.0329. The molecule has 0 saturated carbocycles. The van der Waals surface area contributed by atoms with Crippen LogP contribution in [0.1, 0.15) is 425 Å². The Hall–Kier alpha value is -2.29. The van der Waals surface area contributed by atoms with Gasteiger partial charge in [0.05, 0.1) is 27.7 Å². The van der Waals surface area contributed by atoms with Gasteiger partial charge in [-0.2, -0.15) is 0 Å². The van der Waals surface area contributed by atoms with E-state index in [2.05, 4.69) is 74.6 Å². The highest BCUT2D eigenvalue weighted by Crippen LogP contribution is 2.43. The van der Waals surface area contributed by atoms with E-state index in [0.717, 1.165) is 64.2 Å². The quantitative estimate of drug-likeness (QED) is 0.0211. The van der Waals surface area contributed by atoms with E-state index in [-0.39, 0.29) is 25.6 Å². The predicted molar refractivity (Wildman–Crippen MR) is 418 cm³/mol. The summed E-state index contributed by atoms with van der Waals surface area (Å²) in [4.78, 5) is 36.0. The van der Waals surface area contributed by atoms with Crippen LogP contribution in [0, 0.1) is 0 Å². The van der Waals surface area contributed by atoms with E-state index >= 15 is 0 Å². The number of quaternary nitrogens is 1. The summed E-state index contributed by atoms with van der Waals surface area (Å²) in [6, 6.07) is 0. The second-order valence-electron chi connectivity index (χ2n) is 29.8. The zero-order valence-corrected chi connectivity index (χ0v) is 65.5. The lowest BCUT2D eigenvalue weighted by Crippen LogP contribution is -2.37. The minimum Gasteiger partial charge on any atom is -0.462 e. The van der Waals surface area contributed by atoms with Crippen molar-refractivity contribution in [1.82, 2.24) is 0 Å². The van der Waals surface area contributed by atoms with Crippen molar-refractivity contribution < 1.29 is 42.1 Å². The zero-order valence-electron chi connectivity index (χ0n) is 64.6. The molecule has 0 amide bonds. The molecule has 0 aromatic carbocycles. The van der Waals surface area contributed by atoms with E-state index in [1.165, 1.54) is 327 Å². The number of esters is 2. The van der Waals surface area contributed by atoms with E-state index in [1.54, 1.807) is 0 Å². The van der Waals surface area contributed by atoms with Crippen LogP contribution >= 0.6 is 7.82 Å². The summed E-state index contributed by atoms with van der Waals surface area (Å²) < 4.78 is 34.9. The number of phosphoric ester groups is 1. The molecular weight excluding hydrogens is 1210 g/mol. The Morgan fingerprint density at radius 3 is 0.885 bits per heavy atom. The molecule has 0 aromatic rings. The molecule has 0 aliphatic carbocycles. The van der Waals surface area contributed by atoms with Crippen LogP contribution in [0.4, 0.5) is 0 Å². The summed E-state index contributed by atoms with van der Waals surface area (Å²) in [5, 5.41) is 0. The van der Waals surface area contributed by atoms with Gasteiger partial charge in [-0.15, -0.1) is 0 Å². The van der Waals surface area contributed by atoms with E-state index in [0.29, 0.717) is 23.9 Å². The van der Waals surface area contributed by atoms with Crippen LogP contribution in [0.25, 0.3) is 0 Å². The van der Waals surface area contributed by atoms with E-state index in [1.807, 2.05) is 21.1 Å². The summed E-state index contributed by atoms with van der Waals surface area (Å²) in [5.74, 6) is -0.777. The normalized spacial score (nSPS) is 13.3. The van der Waals surface area contributed by atoms with Crippen molar-refractivity contribution >= 4 is 19.8 Å². The van der Waals surface area contributed by atoms with Crippen molar-refractivity contribution in [3.8, 4) is 0 Å². The fourth-order valence-corrected chi connectivity index (χ4v) is 13.4. The summed E-state index contributed by atoms with van der Waals surface area (Å²) in [6.07, 6.45) is 104. The van der Waals surface area contributed by atoms with Gasteiger partial charge in [-0.1, -0.05) is 415 Å². The Labute approximate surface area is 597 Å². The van der Waals surface area contributed by atoms with Gasteiger partial charge in [-0.25, -0.2) is 4.57 Å². The molecule has 0 aliphatic rings. The van der Waals surface area contributed by atoms with Gasteiger partial charge in [0, 0.05) is 12.8 Å². The van der Waals surface area contributed by atoms with E-state index in [9.17, 15) is 19.0 Å². The Balaban J connectivity index is 3.87. The average molecular weight is 1370 g/mol. The molecular formula is C86H163NO8P+. The predicted octanol–water partition coefficient (Wildman–Crippen LogP) is 28.1. The number of hydrogen-bond donors (Lipinski definition) is 1. The smallest absolute Gasteiger partial charge is 0.462 e. The van der Waals surface area contributed by atoms with Crippen LogP contribution in [0.5, 0.6) is 0 Å². The molecule has 0 radical (unpaired) electrons. The molecule has 1 N–H and O–H groups in total. The van der Waals surface area contributed by atoms with Crippen molar-refractivity contribution in [3.05, 3.63) is 60.8 Å². The van der Waals surface area contributed by atoms with Crippen molar-refractivity contribution in [2.45, 2.75) is 431 Å². The van der Waals surface area contributed by atoms with Gasteiger partial charge in [0.25, 0.3) is 0 Å². The van der Waals surface area contributed by atoms with Crippen molar-refractivity contribution in [2.24, 2.45) is 0 Å². The van der Waals surface area contributed by atoms with Crippen molar-refractivity contribution in [3.63, 3.8) is 0 Å². The molecule has 0 aliphatic heterocycles. The van der Waals surface area contributed by atoms with Gasteiger partial charge in [0.1, 0.15) is 19.8 Å². The van der Waals surface area contributed by atoms with Crippen LogP contribution in [0.2, 0.25) is 0 Å². The number of nitrogens with zero attached hydrogens (tertiary/aromatic N) is 1. The molecule has 0 bridgehead atoms. The third kappa shape index (κ3) is 80.7. The highest BCUT2D eigenvalue weighted by molar-refractivity contribution is 7.47. The Morgan fingerprint density at radius 1 is 0.333 bits per heavy atom. The lowest BCUT2D eigenvalue weighted by atomic mass is 10.0. The maximum absolute atomic E-state index is 12.9. The fourth-order valence-electron chi connectivity index (χ4n) is 12.7. The number of carbonyl (C=O) groups excluding carboxylic acids is 2. The maximum Gasteiger partial charge on any atom is 0.472 e. The molecule has 0 rings (SSSR count). The molecule has 564 valence electrons. The number of allylic oxidation sites excluding steroid dienone is 10. The Bertz CT molecular complexity index is 1800. The lowest BCUT2D eigenvalue weighted by molar-refractivity contribution is -0.870. The zero-order chi connectivity index (χ0) is 69.7. The monoisotopic (exact) mass is 1370 g/mol. The fraction of sp³-hybridized carbons (Fsp3) is 0.860. The minimum atomic E-state index is -4.40. The summed E-state index contributed by atoms with van der Waals surface area (Å²) in [6.45, 7) is 4.39. The number of carbonyl (C=O) groups is 2. The topological polar surface area (TPSA) is 108 Å². The maximum atomic E-state index is 12.9. The van der Waals surface area contributed by atoms with Crippen LogP contribution in [-0.2, 0) is 32.7 Å². The van der Waals surface area contributed by atoms with Gasteiger partial charge >= 0.3 is 19.8 Å². The Morgan fingerprint density at radius 2 is 0.594 bits per heavy atom. The van der Waals surface area contributed by atoms with Gasteiger partial charge < -0.3 is 18.9 Å². The first-order chi connectivity index (χ1) is 47.0. The highest BCUT2D eigenvalue weighted by atomic mass is 31.2. The molecule has 0 aromatic heterocycles. The first-order valence-electron chi connectivity index (χ1n) is 42.0. The number of phosphoric acid groups is 1. The van der Waals surface area contributed by atoms with Crippen LogP contribution in [0.15, 0.2) is 60.8 Å². The number of likely N-dealkylation sites (N-methyl/N-ethyl adjacent to an activating group) is 1. The standard InChI is InChI=1S/C86H162NO8P/c1-6-8-10-12-14-16-18-20-22-24-26-28-30-32-34-36-38-39-40-41-42-43-44-45-46-47-49-50-52-54-56-58-60-62-64-66-68-70-72-74-76-78-85(88)92-82-84(83-94-96(90,91)93-81-80-87(3,4)5)95-86(89)79-77-75-73-71-69-67-65-63-61-59-57-55-53-51-48-37-35-33-31-29-27-25-23-21-19-17-15-13-11-9-7-2/h9,11,15,17,21,23,27,29,33,35,84H,6-8,10,12-14,16,18-20,22,24-26,28,30-32,34,36-83H2,1-5H3/p+1/b11-9-,17-15-,23-21-,29-27-,35-33-. The molecule has 0 fully saturated rings. The van der Waals surface area contributed by atoms with E-state index in [4.69, 9.17) is 18.5 Å². The van der Waals surface area contributed by atoms with Gasteiger partial charge in [-0.3, -0.25) is 18.6 Å². The SMILES string of the molecule is CC/C=C\C/C=C\C/C=C\C/C=C\C/C=C\CCCCCCCCCCCCCCCCCC(=O)OC(COC(=O)CCCCCCCCCCCCCCCCCCCCCCCCCCCCCCCCCCCCCCCCCCC)COP(=O)(O)OCC[N+](C)(C)C. The summed E-state index contributed by atoms with van der Waals surface area (Å²) in [5.41, 5.74) is 0. The number of rotatable bonds is 79. The molecule has 10 heteroatoms. The van der Waals surface area contributed by atoms with Crippen LogP contribution in [0.3, 0.4) is 0 Å². The van der Waals surface area contributed by atoms with Crippen LogP contribution < -0.4 is 0 Å². The largest absolute Gasteiger partial charge is 0.472 e. The average Bonchev–Trinajstić information content (AvgIpc) is 1.97. The molecule has 0 saturated heterocycles. The van der Waals surface area contributed by atoms with Crippen molar-refractivity contribution in [1.29, 1.82) is 0 Å². The highest BCUT2D eigenvalue weighted by Gasteiger charge is 2.27. The third-order valence-corrected chi connectivity index (χ3v) is 20.0. The molecule has 9 nitrogen and oxygen atoms in total. The van der Waals surface area contributed by atoms with Gasteiger partial charge in [0.2, 0.25) is 0 Å². The first kappa shape index (κ1) is 93.7. The summed E-state index contributed by atoms with van der Waals surface area (Å²) in [7, 11) is 1.50. The molecule has 2 atom stereocenters. The number of unbranched alkanes of at least 4 members (excludes halogenated alkanes) is 55. The number of hydrogen-bond acceptors (Lipinski definition) is 7. The molecule has 2 unspecified atom stereocenters. The second kappa shape index (κ2) is 76.9. The number of ether oxygens (including phenoxy) is 2. The molecule has 0 heterocycles. The Kier molecular flexibility index (Phi) is 75.0. The molecule has 0 spiro atoms. The third-order valence-electron chi connectivity index (χ3n) is 19.1. The van der Waals surface area contributed by atoms with Crippen LogP contribution in [-0.4, -0.2) is 74.9 Å². The lowest BCUT2D eigenvalue weighted by Gasteiger charge is -2.24. The van der Waals surface area contributed by atoms with E-state index < -0.39 is 26.5 Å².